The Bertz CT molecular complexity index is 433. The molecule has 1 amide bonds. The minimum atomic E-state index is -0.0252. The van der Waals surface area contributed by atoms with E-state index in [1.165, 1.54) is 19.3 Å². The van der Waals surface area contributed by atoms with Crippen LogP contribution in [-0.2, 0) is 4.79 Å². The van der Waals surface area contributed by atoms with Crippen LogP contribution in [0.1, 0.15) is 44.1 Å². The Labute approximate surface area is 108 Å². The van der Waals surface area contributed by atoms with Gasteiger partial charge in [-0.2, -0.15) is 0 Å². The van der Waals surface area contributed by atoms with Crippen molar-refractivity contribution in [2.45, 2.75) is 45.6 Å². The van der Waals surface area contributed by atoms with Crippen LogP contribution in [0.3, 0.4) is 0 Å². The van der Waals surface area contributed by atoms with Crippen LogP contribution in [0.25, 0.3) is 6.08 Å². The smallest absolute Gasteiger partial charge is 0.244 e. The van der Waals surface area contributed by atoms with Crippen molar-refractivity contribution in [3.8, 4) is 0 Å². The molecule has 1 N–H and O–H groups in total. The quantitative estimate of drug-likeness (QED) is 0.833. The summed E-state index contributed by atoms with van der Waals surface area (Å²) in [6.45, 7) is 4.10. The summed E-state index contributed by atoms with van der Waals surface area (Å²) in [4.78, 5) is 11.8. The molecule has 1 aromatic rings. The van der Waals surface area contributed by atoms with E-state index >= 15 is 0 Å². The second-order valence-electron chi connectivity index (χ2n) is 5.16. The number of rotatable bonds is 3. The summed E-state index contributed by atoms with van der Waals surface area (Å²) in [5.41, 5.74) is 0. The first kappa shape index (κ1) is 12.9. The maximum Gasteiger partial charge on any atom is 0.244 e. The van der Waals surface area contributed by atoms with E-state index in [0.29, 0.717) is 12.0 Å². The minimum Gasteiger partial charge on any atom is -0.462 e. The zero-order valence-corrected chi connectivity index (χ0v) is 11.1. The first-order valence-electron chi connectivity index (χ1n) is 6.70. The highest BCUT2D eigenvalue weighted by Crippen LogP contribution is 2.23. The molecule has 98 valence electrons. The van der Waals surface area contributed by atoms with Crippen LogP contribution in [0, 0.1) is 12.8 Å². The van der Waals surface area contributed by atoms with E-state index in [4.69, 9.17) is 4.42 Å². The van der Waals surface area contributed by atoms with Crippen molar-refractivity contribution >= 4 is 12.0 Å². The third-order valence-corrected chi connectivity index (χ3v) is 3.60. The fourth-order valence-electron chi connectivity index (χ4n) is 2.46. The van der Waals surface area contributed by atoms with Gasteiger partial charge in [-0.3, -0.25) is 4.79 Å². The molecule has 2 rings (SSSR count). The van der Waals surface area contributed by atoms with Gasteiger partial charge >= 0.3 is 0 Å². The molecule has 3 heteroatoms. The molecule has 1 aromatic heterocycles. The Hall–Kier alpha value is -1.51. The van der Waals surface area contributed by atoms with Gasteiger partial charge in [0.25, 0.3) is 0 Å². The van der Waals surface area contributed by atoms with Gasteiger partial charge in [-0.1, -0.05) is 19.8 Å². The highest BCUT2D eigenvalue weighted by Gasteiger charge is 2.21. The van der Waals surface area contributed by atoms with E-state index in [-0.39, 0.29) is 5.91 Å². The van der Waals surface area contributed by atoms with Crippen LogP contribution in [0.5, 0.6) is 0 Å². The lowest BCUT2D eigenvalue weighted by Crippen LogP contribution is -2.40. The van der Waals surface area contributed by atoms with Crippen molar-refractivity contribution in [2.24, 2.45) is 5.92 Å². The summed E-state index contributed by atoms with van der Waals surface area (Å²) in [5, 5.41) is 3.08. The van der Waals surface area contributed by atoms with Gasteiger partial charge in [0.2, 0.25) is 5.91 Å². The minimum absolute atomic E-state index is 0.0252. The molecule has 3 nitrogen and oxygen atoms in total. The summed E-state index contributed by atoms with van der Waals surface area (Å²) in [5.74, 6) is 2.14. The second kappa shape index (κ2) is 5.89. The van der Waals surface area contributed by atoms with Crippen LogP contribution < -0.4 is 5.32 Å². The van der Waals surface area contributed by atoms with E-state index in [1.807, 2.05) is 19.1 Å². The molecular weight excluding hydrogens is 226 g/mol. The van der Waals surface area contributed by atoms with Crippen molar-refractivity contribution in [3.63, 3.8) is 0 Å². The maximum atomic E-state index is 11.8. The molecule has 1 fully saturated rings. The first-order valence-corrected chi connectivity index (χ1v) is 6.70. The van der Waals surface area contributed by atoms with Crippen molar-refractivity contribution in [1.82, 2.24) is 5.32 Å². The van der Waals surface area contributed by atoms with Crippen molar-refractivity contribution in [1.29, 1.82) is 0 Å². The number of carbonyl (C=O) groups excluding carboxylic acids is 1. The highest BCUT2D eigenvalue weighted by atomic mass is 16.3. The van der Waals surface area contributed by atoms with Gasteiger partial charge in [0.15, 0.2) is 0 Å². The molecule has 0 radical (unpaired) electrons. The number of carbonyl (C=O) groups is 1. The maximum absolute atomic E-state index is 11.8. The standard InChI is InChI=1S/C15H21NO2/c1-11-5-3-4-6-14(11)16-15(17)10-9-13-8-7-12(2)18-13/h7-11,14H,3-6H2,1-2H3,(H,16,17). The van der Waals surface area contributed by atoms with Gasteiger partial charge in [-0.25, -0.2) is 0 Å². The zero-order valence-electron chi connectivity index (χ0n) is 11.1. The van der Waals surface area contributed by atoms with Gasteiger partial charge in [-0.05, 0) is 43.9 Å². The van der Waals surface area contributed by atoms with E-state index in [1.54, 1.807) is 12.2 Å². The van der Waals surface area contributed by atoms with Gasteiger partial charge in [0.05, 0.1) is 0 Å². The average molecular weight is 247 g/mol. The molecule has 0 aliphatic heterocycles. The molecule has 2 unspecified atom stereocenters. The van der Waals surface area contributed by atoms with Crippen LogP contribution in [0.15, 0.2) is 22.6 Å². The van der Waals surface area contributed by atoms with Crippen LogP contribution in [-0.4, -0.2) is 11.9 Å². The highest BCUT2D eigenvalue weighted by molar-refractivity contribution is 5.91. The predicted octanol–water partition coefficient (Wildman–Crippen LogP) is 3.30. The molecule has 2 atom stereocenters. The van der Waals surface area contributed by atoms with Crippen molar-refractivity contribution < 1.29 is 9.21 Å². The lowest BCUT2D eigenvalue weighted by atomic mass is 9.86. The van der Waals surface area contributed by atoms with Crippen molar-refractivity contribution in [2.75, 3.05) is 0 Å². The Kier molecular flexibility index (Phi) is 4.24. The monoisotopic (exact) mass is 247 g/mol. The molecule has 1 heterocycles. The number of aryl methyl sites for hydroxylation is 1. The van der Waals surface area contributed by atoms with Crippen molar-refractivity contribution in [3.05, 3.63) is 29.7 Å². The Morgan fingerprint density at radius 1 is 1.39 bits per heavy atom. The lowest BCUT2D eigenvalue weighted by molar-refractivity contribution is -0.117. The normalized spacial score (nSPS) is 24.3. The van der Waals surface area contributed by atoms with E-state index < -0.39 is 0 Å². The Morgan fingerprint density at radius 2 is 2.17 bits per heavy atom. The topological polar surface area (TPSA) is 42.2 Å². The molecule has 18 heavy (non-hydrogen) atoms. The predicted molar refractivity (Wildman–Crippen MR) is 72.0 cm³/mol. The third-order valence-electron chi connectivity index (χ3n) is 3.60. The van der Waals surface area contributed by atoms with E-state index in [9.17, 15) is 4.79 Å². The number of hydrogen-bond donors (Lipinski definition) is 1. The zero-order chi connectivity index (χ0) is 13.0. The number of nitrogens with one attached hydrogen (secondary N) is 1. The fraction of sp³-hybridized carbons (Fsp3) is 0.533. The van der Waals surface area contributed by atoms with Crippen LogP contribution in [0.2, 0.25) is 0 Å². The van der Waals surface area contributed by atoms with E-state index in [2.05, 4.69) is 12.2 Å². The van der Waals surface area contributed by atoms with Gasteiger partial charge in [0.1, 0.15) is 11.5 Å². The van der Waals surface area contributed by atoms with Crippen LogP contribution in [0.4, 0.5) is 0 Å². The molecule has 1 aliphatic carbocycles. The molecule has 0 saturated heterocycles. The van der Waals surface area contributed by atoms with Gasteiger partial charge in [-0.15, -0.1) is 0 Å². The number of furan rings is 1. The summed E-state index contributed by atoms with van der Waals surface area (Å²) < 4.78 is 5.38. The second-order valence-corrected chi connectivity index (χ2v) is 5.16. The third kappa shape index (κ3) is 3.49. The Morgan fingerprint density at radius 3 is 2.83 bits per heavy atom. The molecule has 1 aliphatic rings. The summed E-state index contributed by atoms with van der Waals surface area (Å²) in [7, 11) is 0. The average Bonchev–Trinajstić information content (AvgIpc) is 2.76. The number of amides is 1. The molecule has 0 bridgehead atoms. The summed E-state index contributed by atoms with van der Waals surface area (Å²) in [6, 6.07) is 4.08. The molecule has 1 saturated carbocycles. The number of hydrogen-bond acceptors (Lipinski definition) is 2. The lowest BCUT2D eigenvalue weighted by Gasteiger charge is -2.29. The first-order chi connectivity index (χ1) is 8.65. The van der Waals surface area contributed by atoms with Gasteiger partial charge < -0.3 is 9.73 Å². The molecule has 0 spiro atoms. The molecule has 0 aromatic carbocycles. The molecular formula is C15H21NO2. The largest absolute Gasteiger partial charge is 0.462 e. The Balaban J connectivity index is 1.86. The fourth-order valence-corrected chi connectivity index (χ4v) is 2.46. The SMILES string of the molecule is Cc1ccc(C=CC(=O)NC2CCCCC2C)o1. The summed E-state index contributed by atoms with van der Waals surface area (Å²) in [6.07, 6.45) is 8.09. The summed E-state index contributed by atoms with van der Waals surface area (Å²) >= 11 is 0. The van der Waals surface area contributed by atoms with E-state index in [0.717, 1.165) is 17.9 Å². The van der Waals surface area contributed by atoms with Gasteiger partial charge in [0, 0.05) is 12.1 Å². The van der Waals surface area contributed by atoms with Crippen LogP contribution >= 0.6 is 0 Å².